The highest BCUT2D eigenvalue weighted by Gasteiger charge is 2.47. The average molecular weight is 299 g/mol. The third kappa shape index (κ3) is 2.36. The van der Waals surface area contributed by atoms with Gasteiger partial charge in [-0.05, 0) is 25.8 Å². The van der Waals surface area contributed by atoms with Crippen molar-refractivity contribution in [2.24, 2.45) is 0 Å². The predicted octanol–water partition coefficient (Wildman–Crippen LogP) is 2.46. The number of H-pyrrole nitrogens is 1. The van der Waals surface area contributed by atoms with Gasteiger partial charge in [0.05, 0.1) is 18.7 Å². The number of hydrogen-bond donors (Lipinski definition) is 2. The van der Waals surface area contributed by atoms with Crippen molar-refractivity contribution in [1.82, 2.24) is 15.5 Å². The molecule has 1 fully saturated rings. The van der Waals surface area contributed by atoms with Crippen LogP contribution in [-0.2, 0) is 16.8 Å². The molecule has 0 radical (unpaired) electrons. The average Bonchev–Trinajstić information content (AvgIpc) is 2.90. The Morgan fingerprint density at radius 2 is 2.18 bits per heavy atom. The van der Waals surface area contributed by atoms with Crippen LogP contribution >= 0.6 is 0 Å². The number of hydrogen-bond acceptors (Lipinski definition) is 3. The molecular weight excluding hydrogens is 278 g/mol. The van der Waals surface area contributed by atoms with Gasteiger partial charge in [0.1, 0.15) is 5.75 Å². The van der Waals surface area contributed by atoms with Crippen LogP contribution in [0.4, 0.5) is 0 Å². The molecule has 0 aliphatic heterocycles. The summed E-state index contributed by atoms with van der Waals surface area (Å²) in [5.74, 6) is 0.862. The Labute approximate surface area is 130 Å². The highest BCUT2D eigenvalue weighted by atomic mass is 16.5. The van der Waals surface area contributed by atoms with Gasteiger partial charge < -0.3 is 10.1 Å². The first-order chi connectivity index (χ1) is 10.7. The van der Waals surface area contributed by atoms with Crippen LogP contribution < -0.4 is 10.1 Å². The van der Waals surface area contributed by atoms with E-state index < -0.39 is 5.41 Å². The molecule has 1 aromatic carbocycles. The second-order valence-electron chi connectivity index (χ2n) is 5.84. The third-order valence-electron chi connectivity index (χ3n) is 4.64. The quantitative estimate of drug-likeness (QED) is 0.891. The molecule has 3 rings (SSSR count). The number of aryl methyl sites for hydroxylation is 1. The zero-order valence-electron chi connectivity index (χ0n) is 13.0. The van der Waals surface area contributed by atoms with E-state index in [0.29, 0.717) is 6.54 Å². The van der Waals surface area contributed by atoms with Gasteiger partial charge in [-0.15, -0.1) is 0 Å². The lowest BCUT2D eigenvalue weighted by atomic mass is 9.63. The fourth-order valence-electron chi connectivity index (χ4n) is 3.09. The fraction of sp³-hybridized carbons (Fsp3) is 0.412. The van der Waals surface area contributed by atoms with Gasteiger partial charge in [-0.1, -0.05) is 24.6 Å². The van der Waals surface area contributed by atoms with Crippen molar-refractivity contribution in [3.05, 3.63) is 47.3 Å². The molecule has 1 saturated carbocycles. The number of nitrogens with zero attached hydrogens (tertiary/aromatic N) is 1. The number of carbonyl (C=O) groups excluding carboxylic acids is 1. The van der Waals surface area contributed by atoms with E-state index in [2.05, 4.69) is 15.5 Å². The largest absolute Gasteiger partial charge is 0.496 e. The smallest absolute Gasteiger partial charge is 0.231 e. The highest BCUT2D eigenvalue weighted by molar-refractivity contribution is 5.90. The first kappa shape index (κ1) is 14.6. The summed E-state index contributed by atoms with van der Waals surface area (Å²) in [6.45, 7) is 2.45. The van der Waals surface area contributed by atoms with Crippen LogP contribution in [0.5, 0.6) is 5.75 Å². The van der Waals surface area contributed by atoms with Gasteiger partial charge in [0.15, 0.2) is 0 Å². The van der Waals surface area contributed by atoms with Gasteiger partial charge in [0.2, 0.25) is 5.91 Å². The molecule has 1 amide bonds. The molecular formula is C17H21N3O2. The summed E-state index contributed by atoms with van der Waals surface area (Å²) in [5, 5.41) is 9.94. The lowest BCUT2D eigenvalue weighted by Crippen LogP contribution is -2.49. The van der Waals surface area contributed by atoms with E-state index >= 15 is 0 Å². The SMILES string of the molecule is COc1ccccc1C1(C(=O)NCc2cn[nH]c2C)CCC1. The number of ether oxygens (including phenoxy) is 1. The molecule has 0 bridgehead atoms. The molecule has 5 nitrogen and oxygen atoms in total. The number of benzene rings is 1. The number of rotatable bonds is 5. The predicted molar refractivity (Wildman–Crippen MR) is 83.7 cm³/mol. The molecule has 1 aliphatic carbocycles. The molecule has 5 heteroatoms. The number of amides is 1. The van der Waals surface area contributed by atoms with Crippen LogP contribution in [0.1, 0.15) is 36.1 Å². The van der Waals surface area contributed by atoms with Crippen LogP contribution in [0, 0.1) is 6.92 Å². The number of para-hydroxylation sites is 1. The third-order valence-corrected chi connectivity index (χ3v) is 4.64. The molecule has 1 heterocycles. The zero-order chi connectivity index (χ0) is 15.6. The van der Waals surface area contributed by atoms with E-state index in [-0.39, 0.29) is 5.91 Å². The van der Waals surface area contributed by atoms with Crippen LogP contribution in [0.3, 0.4) is 0 Å². The molecule has 1 aromatic heterocycles. The minimum atomic E-state index is -0.454. The Balaban J connectivity index is 1.80. The lowest BCUT2D eigenvalue weighted by molar-refractivity contribution is -0.130. The Morgan fingerprint density at radius 1 is 1.41 bits per heavy atom. The van der Waals surface area contributed by atoms with Crippen molar-refractivity contribution in [2.45, 2.75) is 38.1 Å². The molecule has 1 aliphatic rings. The van der Waals surface area contributed by atoms with Gasteiger partial charge >= 0.3 is 0 Å². The van der Waals surface area contributed by atoms with Gasteiger partial charge in [-0.3, -0.25) is 9.89 Å². The Hall–Kier alpha value is -2.30. The minimum absolute atomic E-state index is 0.0730. The molecule has 0 spiro atoms. The summed E-state index contributed by atoms with van der Waals surface area (Å²) in [7, 11) is 1.65. The van der Waals surface area contributed by atoms with Crippen molar-refractivity contribution >= 4 is 5.91 Å². The maximum absolute atomic E-state index is 12.8. The minimum Gasteiger partial charge on any atom is -0.496 e. The summed E-state index contributed by atoms with van der Waals surface area (Å²) in [5.41, 5.74) is 2.54. The number of methoxy groups -OCH3 is 1. The Bertz CT molecular complexity index is 674. The van der Waals surface area contributed by atoms with Crippen LogP contribution in [0.15, 0.2) is 30.5 Å². The van der Waals surface area contributed by atoms with E-state index in [1.54, 1.807) is 13.3 Å². The number of aromatic amines is 1. The maximum Gasteiger partial charge on any atom is 0.231 e. The Kier molecular flexibility index (Phi) is 3.88. The first-order valence-corrected chi connectivity index (χ1v) is 7.58. The molecule has 2 aromatic rings. The molecule has 116 valence electrons. The highest BCUT2D eigenvalue weighted by Crippen LogP contribution is 2.47. The molecule has 22 heavy (non-hydrogen) atoms. The van der Waals surface area contributed by atoms with Crippen molar-refractivity contribution in [1.29, 1.82) is 0 Å². The maximum atomic E-state index is 12.8. The van der Waals surface area contributed by atoms with Gasteiger partial charge in [-0.2, -0.15) is 5.10 Å². The van der Waals surface area contributed by atoms with Gasteiger partial charge in [0.25, 0.3) is 0 Å². The van der Waals surface area contributed by atoms with E-state index in [4.69, 9.17) is 4.74 Å². The summed E-state index contributed by atoms with van der Waals surface area (Å²) < 4.78 is 5.45. The second-order valence-corrected chi connectivity index (χ2v) is 5.84. The van der Waals surface area contributed by atoms with E-state index in [1.807, 2.05) is 31.2 Å². The van der Waals surface area contributed by atoms with Crippen LogP contribution in [-0.4, -0.2) is 23.2 Å². The molecule has 0 atom stereocenters. The standard InChI is InChI=1S/C17H21N3O2/c1-12-13(11-19-20-12)10-18-16(21)17(8-5-9-17)14-6-3-4-7-15(14)22-2/h3-4,6-7,11H,5,8-10H2,1-2H3,(H,18,21)(H,19,20). The summed E-state index contributed by atoms with van der Waals surface area (Å²) in [6, 6.07) is 7.82. The van der Waals surface area contributed by atoms with Gasteiger partial charge in [0, 0.05) is 23.4 Å². The molecule has 2 N–H and O–H groups in total. The topological polar surface area (TPSA) is 67.0 Å². The summed E-state index contributed by atoms with van der Waals surface area (Å²) in [4.78, 5) is 12.8. The van der Waals surface area contributed by atoms with Crippen LogP contribution in [0.25, 0.3) is 0 Å². The van der Waals surface area contributed by atoms with E-state index in [0.717, 1.165) is 41.8 Å². The summed E-state index contributed by atoms with van der Waals surface area (Å²) >= 11 is 0. The van der Waals surface area contributed by atoms with Crippen molar-refractivity contribution in [3.63, 3.8) is 0 Å². The second kappa shape index (κ2) is 5.83. The monoisotopic (exact) mass is 299 g/mol. The molecule has 0 saturated heterocycles. The lowest BCUT2D eigenvalue weighted by Gasteiger charge is -2.41. The van der Waals surface area contributed by atoms with Gasteiger partial charge in [-0.25, -0.2) is 0 Å². The Morgan fingerprint density at radius 3 is 2.77 bits per heavy atom. The number of nitrogens with one attached hydrogen (secondary N) is 2. The van der Waals surface area contributed by atoms with Crippen LogP contribution in [0.2, 0.25) is 0 Å². The number of aromatic nitrogens is 2. The van der Waals surface area contributed by atoms with E-state index in [9.17, 15) is 4.79 Å². The number of carbonyl (C=O) groups is 1. The van der Waals surface area contributed by atoms with Crippen molar-refractivity contribution in [2.75, 3.05) is 7.11 Å². The van der Waals surface area contributed by atoms with E-state index in [1.165, 1.54) is 0 Å². The van der Waals surface area contributed by atoms with Crippen molar-refractivity contribution < 1.29 is 9.53 Å². The fourth-order valence-corrected chi connectivity index (χ4v) is 3.09. The molecule has 0 unspecified atom stereocenters. The first-order valence-electron chi connectivity index (χ1n) is 7.58. The van der Waals surface area contributed by atoms with Crippen molar-refractivity contribution in [3.8, 4) is 5.75 Å². The zero-order valence-corrected chi connectivity index (χ0v) is 13.0. The normalized spacial score (nSPS) is 15.9. The summed E-state index contributed by atoms with van der Waals surface area (Å²) in [6.07, 6.45) is 4.55.